The van der Waals surface area contributed by atoms with Crippen molar-refractivity contribution in [2.75, 3.05) is 19.5 Å². The molecule has 0 atom stereocenters. The average Bonchev–Trinajstić information content (AvgIpc) is 2.39. The van der Waals surface area contributed by atoms with Crippen molar-refractivity contribution >= 4 is 5.82 Å². The number of hydrogen-bond acceptors (Lipinski definition) is 5. The molecule has 0 aliphatic heterocycles. The molecule has 0 amide bonds. The summed E-state index contributed by atoms with van der Waals surface area (Å²) in [5, 5.41) is 2.90. The Labute approximate surface area is 110 Å². The van der Waals surface area contributed by atoms with Gasteiger partial charge in [0.1, 0.15) is 24.0 Å². The first kappa shape index (κ1) is 13.2. The van der Waals surface area contributed by atoms with Gasteiger partial charge in [-0.05, 0) is 12.1 Å². The Balaban J connectivity index is 2.26. The second-order valence-electron chi connectivity index (χ2n) is 3.75. The summed E-state index contributed by atoms with van der Waals surface area (Å²) in [6.07, 6.45) is 0. The standard InChI is InChI=1S/C13H14FN3O2/c1-15-11-7-13(17-12(16-11)8-18-2)19-10-5-3-4-9(14)6-10/h3-7H,8H2,1-2H3,(H,15,16,17). The maximum atomic E-state index is 13.1. The van der Waals surface area contributed by atoms with Gasteiger partial charge in [0.2, 0.25) is 5.88 Å². The van der Waals surface area contributed by atoms with Gasteiger partial charge in [-0.2, -0.15) is 4.98 Å². The molecule has 0 bridgehead atoms. The van der Waals surface area contributed by atoms with E-state index in [1.54, 1.807) is 32.4 Å². The number of hydrogen-bond donors (Lipinski definition) is 1. The van der Waals surface area contributed by atoms with Gasteiger partial charge in [-0.15, -0.1) is 0 Å². The van der Waals surface area contributed by atoms with Gasteiger partial charge in [-0.1, -0.05) is 6.07 Å². The molecule has 0 unspecified atom stereocenters. The van der Waals surface area contributed by atoms with Gasteiger partial charge in [-0.25, -0.2) is 9.37 Å². The summed E-state index contributed by atoms with van der Waals surface area (Å²) in [5.74, 6) is 1.44. The van der Waals surface area contributed by atoms with E-state index in [9.17, 15) is 4.39 Å². The van der Waals surface area contributed by atoms with E-state index in [0.29, 0.717) is 23.3 Å². The summed E-state index contributed by atoms with van der Waals surface area (Å²) < 4.78 is 23.6. The highest BCUT2D eigenvalue weighted by Crippen LogP contribution is 2.22. The maximum absolute atomic E-state index is 13.1. The highest BCUT2D eigenvalue weighted by Gasteiger charge is 2.06. The lowest BCUT2D eigenvalue weighted by Gasteiger charge is -2.08. The van der Waals surface area contributed by atoms with Gasteiger partial charge in [0.15, 0.2) is 5.82 Å². The predicted molar refractivity (Wildman–Crippen MR) is 68.8 cm³/mol. The number of aromatic nitrogens is 2. The number of halogens is 1. The fourth-order valence-electron chi connectivity index (χ4n) is 1.50. The minimum absolute atomic E-state index is 0.273. The molecular weight excluding hydrogens is 249 g/mol. The van der Waals surface area contributed by atoms with Crippen molar-refractivity contribution in [3.8, 4) is 11.6 Å². The van der Waals surface area contributed by atoms with Gasteiger partial charge in [-0.3, -0.25) is 0 Å². The van der Waals surface area contributed by atoms with Crippen molar-refractivity contribution < 1.29 is 13.9 Å². The molecule has 1 aromatic carbocycles. The Morgan fingerprint density at radius 2 is 2.11 bits per heavy atom. The highest BCUT2D eigenvalue weighted by molar-refractivity contribution is 5.39. The van der Waals surface area contributed by atoms with Crippen LogP contribution in [-0.2, 0) is 11.3 Å². The number of methoxy groups -OCH3 is 1. The highest BCUT2D eigenvalue weighted by atomic mass is 19.1. The summed E-state index contributed by atoms with van der Waals surface area (Å²) in [6.45, 7) is 0.273. The fraction of sp³-hybridized carbons (Fsp3) is 0.231. The maximum Gasteiger partial charge on any atom is 0.224 e. The summed E-state index contributed by atoms with van der Waals surface area (Å²) >= 11 is 0. The van der Waals surface area contributed by atoms with Crippen LogP contribution in [0, 0.1) is 5.82 Å². The number of nitrogens with one attached hydrogen (secondary N) is 1. The van der Waals surface area contributed by atoms with Crippen LogP contribution in [0.5, 0.6) is 11.6 Å². The Morgan fingerprint density at radius 3 is 2.79 bits per heavy atom. The number of nitrogens with zero attached hydrogens (tertiary/aromatic N) is 2. The van der Waals surface area contributed by atoms with Crippen LogP contribution in [0.3, 0.4) is 0 Å². The zero-order valence-corrected chi connectivity index (χ0v) is 10.7. The molecule has 0 aliphatic carbocycles. The summed E-state index contributed by atoms with van der Waals surface area (Å²) in [4.78, 5) is 8.37. The van der Waals surface area contributed by atoms with Crippen molar-refractivity contribution in [3.05, 3.63) is 42.0 Å². The second-order valence-corrected chi connectivity index (χ2v) is 3.75. The van der Waals surface area contributed by atoms with Crippen molar-refractivity contribution in [2.24, 2.45) is 0 Å². The van der Waals surface area contributed by atoms with Crippen molar-refractivity contribution in [1.82, 2.24) is 9.97 Å². The number of anilines is 1. The van der Waals surface area contributed by atoms with E-state index >= 15 is 0 Å². The van der Waals surface area contributed by atoms with Gasteiger partial charge < -0.3 is 14.8 Å². The van der Waals surface area contributed by atoms with Gasteiger partial charge in [0, 0.05) is 26.3 Å². The van der Waals surface area contributed by atoms with E-state index < -0.39 is 0 Å². The number of ether oxygens (including phenoxy) is 2. The lowest BCUT2D eigenvalue weighted by Crippen LogP contribution is -2.03. The molecule has 1 N–H and O–H groups in total. The lowest BCUT2D eigenvalue weighted by molar-refractivity contribution is 0.177. The molecule has 0 saturated heterocycles. The first-order chi connectivity index (χ1) is 9.21. The average molecular weight is 263 g/mol. The topological polar surface area (TPSA) is 56.3 Å². The van der Waals surface area contributed by atoms with Crippen LogP contribution >= 0.6 is 0 Å². The quantitative estimate of drug-likeness (QED) is 0.898. The smallest absolute Gasteiger partial charge is 0.224 e. The molecule has 0 spiro atoms. The monoisotopic (exact) mass is 263 g/mol. The number of rotatable bonds is 5. The molecule has 2 aromatic rings. The van der Waals surface area contributed by atoms with E-state index in [1.165, 1.54) is 12.1 Å². The Morgan fingerprint density at radius 1 is 1.26 bits per heavy atom. The molecule has 0 saturated carbocycles. The van der Waals surface area contributed by atoms with E-state index in [1.807, 2.05) is 0 Å². The van der Waals surface area contributed by atoms with Crippen LogP contribution < -0.4 is 10.1 Å². The fourth-order valence-corrected chi connectivity index (χ4v) is 1.50. The molecule has 0 aliphatic rings. The Bertz CT molecular complexity index is 563. The summed E-state index contributed by atoms with van der Waals surface area (Å²) in [7, 11) is 3.30. The molecule has 100 valence electrons. The molecule has 2 rings (SSSR count). The van der Waals surface area contributed by atoms with Gasteiger partial charge in [0.25, 0.3) is 0 Å². The van der Waals surface area contributed by atoms with Crippen molar-refractivity contribution in [2.45, 2.75) is 6.61 Å². The lowest BCUT2D eigenvalue weighted by atomic mass is 10.3. The summed E-state index contributed by atoms with van der Waals surface area (Å²) in [6, 6.07) is 7.49. The molecule has 1 heterocycles. The molecule has 6 heteroatoms. The molecule has 5 nitrogen and oxygen atoms in total. The summed E-state index contributed by atoms with van der Waals surface area (Å²) in [5.41, 5.74) is 0. The van der Waals surface area contributed by atoms with E-state index in [4.69, 9.17) is 9.47 Å². The second kappa shape index (κ2) is 6.10. The van der Waals surface area contributed by atoms with Crippen LogP contribution in [0.15, 0.2) is 30.3 Å². The molecular formula is C13H14FN3O2. The minimum atomic E-state index is -0.363. The minimum Gasteiger partial charge on any atom is -0.439 e. The molecule has 0 fully saturated rings. The SMILES string of the molecule is CNc1cc(Oc2cccc(F)c2)nc(COC)n1. The van der Waals surface area contributed by atoms with Crippen LogP contribution in [-0.4, -0.2) is 24.1 Å². The Kier molecular flexibility index (Phi) is 4.25. The third kappa shape index (κ3) is 3.62. The molecule has 1 aromatic heterocycles. The van der Waals surface area contributed by atoms with E-state index in [2.05, 4.69) is 15.3 Å². The van der Waals surface area contributed by atoms with Crippen molar-refractivity contribution in [3.63, 3.8) is 0 Å². The van der Waals surface area contributed by atoms with Crippen molar-refractivity contribution in [1.29, 1.82) is 0 Å². The van der Waals surface area contributed by atoms with Gasteiger partial charge >= 0.3 is 0 Å². The zero-order valence-electron chi connectivity index (χ0n) is 10.7. The molecule has 19 heavy (non-hydrogen) atoms. The van der Waals surface area contributed by atoms with Crippen LogP contribution in [0.4, 0.5) is 10.2 Å². The van der Waals surface area contributed by atoms with Gasteiger partial charge in [0.05, 0.1) is 0 Å². The van der Waals surface area contributed by atoms with Crippen LogP contribution in [0.2, 0.25) is 0 Å². The van der Waals surface area contributed by atoms with E-state index in [0.717, 1.165) is 0 Å². The van der Waals surface area contributed by atoms with E-state index in [-0.39, 0.29) is 12.4 Å². The predicted octanol–water partition coefficient (Wildman–Crippen LogP) is 2.60. The normalized spacial score (nSPS) is 10.3. The first-order valence-electron chi connectivity index (χ1n) is 5.69. The third-order valence-corrected chi connectivity index (χ3v) is 2.30. The molecule has 0 radical (unpaired) electrons. The van der Waals surface area contributed by atoms with Crippen LogP contribution in [0.25, 0.3) is 0 Å². The van der Waals surface area contributed by atoms with Crippen LogP contribution in [0.1, 0.15) is 5.82 Å². The third-order valence-electron chi connectivity index (χ3n) is 2.30. The largest absolute Gasteiger partial charge is 0.439 e. The first-order valence-corrected chi connectivity index (χ1v) is 5.69. The number of benzene rings is 1. The zero-order chi connectivity index (χ0) is 13.7. The Hall–Kier alpha value is -2.21.